The maximum absolute atomic E-state index is 6.70. The molecular formula is C26H31NOS. The first kappa shape index (κ1) is 20.3. The highest BCUT2D eigenvalue weighted by atomic mass is 32.1. The van der Waals surface area contributed by atoms with Crippen LogP contribution >= 0.6 is 12.2 Å². The Labute approximate surface area is 180 Å². The van der Waals surface area contributed by atoms with Crippen molar-refractivity contribution in [3.8, 4) is 0 Å². The van der Waals surface area contributed by atoms with E-state index in [1.165, 1.54) is 11.1 Å². The first-order valence-corrected chi connectivity index (χ1v) is 10.9. The molecule has 4 rings (SSSR count). The molecule has 2 aromatic carbocycles. The molecule has 152 valence electrons. The van der Waals surface area contributed by atoms with Gasteiger partial charge in [0.25, 0.3) is 0 Å². The van der Waals surface area contributed by atoms with E-state index in [0.717, 1.165) is 17.8 Å². The van der Waals surface area contributed by atoms with Gasteiger partial charge in [-0.1, -0.05) is 85.9 Å². The van der Waals surface area contributed by atoms with Gasteiger partial charge >= 0.3 is 0 Å². The quantitative estimate of drug-likeness (QED) is 0.417. The van der Waals surface area contributed by atoms with Crippen molar-refractivity contribution < 1.29 is 4.74 Å². The fourth-order valence-electron chi connectivity index (χ4n) is 5.53. The molecule has 2 nitrogen and oxygen atoms in total. The normalized spacial score (nSPS) is 31.9. The largest absolute Gasteiger partial charge is 0.348 e. The Bertz CT molecular complexity index is 909. The molecule has 0 bridgehead atoms. The summed E-state index contributed by atoms with van der Waals surface area (Å²) in [6.07, 6.45) is 3.99. The Balaban J connectivity index is 1.80. The van der Waals surface area contributed by atoms with Crippen LogP contribution in [0.4, 0.5) is 0 Å². The van der Waals surface area contributed by atoms with Crippen LogP contribution in [0.5, 0.6) is 0 Å². The molecule has 0 unspecified atom stereocenters. The molecule has 0 saturated carbocycles. The van der Waals surface area contributed by atoms with Crippen molar-refractivity contribution in [2.45, 2.75) is 63.8 Å². The highest BCUT2D eigenvalue weighted by molar-refractivity contribution is 7.80. The number of hydrogen-bond donors (Lipinski definition) is 0. The maximum atomic E-state index is 6.70. The summed E-state index contributed by atoms with van der Waals surface area (Å²) in [6, 6.07) is 21.4. The minimum Gasteiger partial charge on any atom is -0.348 e. The molecule has 2 heterocycles. The second-order valence-corrected chi connectivity index (χ2v) is 9.80. The predicted octanol–water partition coefficient (Wildman–Crippen LogP) is 6.65. The molecular weight excluding hydrogens is 374 g/mol. The summed E-state index contributed by atoms with van der Waals surface area (Å²) >= 11 is 6.27. The minimum absolute atomic E-state index is 0.0852. The van der Waals surface area contributed by atoms with Crippen LogP contribution in [0.15, 0.2) is 73.3 Å². The molecule has 29 heavy (non-hydrogen) atoms. The molecule has 2 aromatic rings. The predicted molar refractivity (Wildman–Crippen MR) is 124 cm³/mol. The van der Waals surface area contributed by atoms with Crippen LogP contribution in [-0.4, -0.2) is 21.2 Å². The van der Waals surface area contributed by atoms with E-state index >= 15 is 0 Å². The van der Waals surface area contributed by atoms with Crippen molar-refractivity contribution in [1.82, 2.24) is 4.90 Å². The topological polar surface area (TPSA) is 12.5 Å². The number of rotatable bonds is 4. The molecule has 2 fully saturated rings. The lowest BCUT2D eigenvalue weighted by Crippen LogP contribution is -2.57. The Morgan fingerprint density at radius 2 is 1.59 bits per heavy atom. The summed E-state index contributed by atoms with van der Waals surface area (Å²) in [5.74, 6) is 0.167. The zero-order chi connectivity index (χ0) is 20.9. The van der Waals surface area contributed by atoms with Gasteiger partial charge in [-0.05, 0) is 44.7 Å². The van der Waals surface area contributed by atoms with Gasteiger partial charge in [-0.2, -0.15) is 0 Å². The molecule has 0 N–H and O–H groups in total. The number of allylic oxidation sites excluding steroid dienone is 1. The zero-order valence-electron chi connectivity index (χ0n) is 17.9. The van der Waals surface area contributed by atoms with Crippen molar-refractivity contribution in [1.29, 1.82) is 0 Å². The monoisotopic (exact) mass is 405 g/mol. The van der Waals surface area contributed by atoms with E-state index in [2.05, 4.69) is 106 Å². The Morgan fingerprint density at radius 1 is 1.00 bits per heavy atom. The smallest absolute Gasteiger partial charge is 0.140 e. The number of nitrogens with zero attached hydrogens (tertiary/aromatic N) is 1. The second-order valence-electron chi connectivity index (χ2n) is 9.41. The Kier molecular flexibility index (Phi) is 4.95. The third-order valence-corrected chi connectivity index (χ3v) is 7.58. The van der Waals surface area contributed by atoms with Crippen molar-refractivity contribution in [3.63, 3.8) is 0 Å². The third-order valence-electron chi connectivity index (χ3n) is 6.92. The molecule has 0 radical (unpaired) electrons. The van der Waals surface area contributed by atoms with E-state index in [1.54, 1.807) is 0 Å². The van der Waals surface area contributed by atoms with Crippen LogP contribution in [-0.2, 0) is 4.74 Å². The summed E-state index contributed by atoms with van der Waals surface area (Å²) in [4.78, 5) is 3.39. The fraction of sp³-hybridized carbons (Fsp3) is 0.423. The summed E-state index contributed by atoms with van der Waals surface area (Å²) in [5, 5.41) is 0. The third kappa shape index (κ3) is 3.15. The van der Waals surface area contributed by atoms with Crippen molar-refractivity contribution in [3.05, 3.63) is 84.4 Å². The van der Waals surface area contributed by atoms with Crippen LogP contribution in [0.25, 0.3) is 0 Å². The highest BCUT2D eigenvalue weighted by Crippen LogP contribution is 2.58. The standard InChI is InChI=1S/C26H31NOS/c1-6-21(19-13-9-7-10-14-19)25(4)17-18-26(5)27(23(25)29)22(24(2,3)28-26)20-15-11-8-12-16-20/h6-16,21-22H,1,17-18H2,2-5H3/t21-,22-,25-,26+/m0/s1. The summed E-state index contributed by atoms with van der Waals surface area (Å²) in [6.45, 7) is 13.1. The molecule has 0 amide bonds. The van der Waals surface area contributed by atoms with Gasteiger partial charge in [-0.25, -0.2) is 0 Å². The van der Waals surface area contributed by atoms with Crippen LogP contribution < -0.4 is 0 Å². The van der Waals surface area contributed by atoms with Gasteiger partial charge < -0.3 is 9.64 Å². The average molecular weight is 406 g/mol. The molecule has 2 aliphatic rings. The first-order valence-electron chi connectivity index (χ1n) is 10.5. The van der Waals surface area contributed by atoms with Gasteiger partial charge in [0.1, 0.15) is 5.72 Å². The molecule has 0 aromatic heterocycles. The lowest BCUT2D eigenvalue weighted by molar-refractivity contribution is -0.119. The van der Waals surface area contributed by atoms with Crippen LogP contribution in [0.1, 0.15) is 63.6 Å². The molecule has 2 aliphatic heterocycles. The number of ether oxygens (including phenoxy) is 1. The van der Waals surface area contributed by atoms with Gasteiger partial charge in [0, 0.05) is 11.3 Å². The van der Waals surface area contributed by atoms with Crippen molar-refractivity contribution in [2.24, 2.45) is 5.41 Å². The minimum atomic E-state index is -0.386. The first-order chi connectivity index (χ1) is 13.7. The lowest BCUT2D eigenvalue weighted by Gasteiger charge is -2.52. The van der Waals surface area contributed by atoms with Crippen LogP contribution in [0.3, 0.4) is 0 Å². The van der Waals surface area contributed by atoms with E-state index in [4.69, 9.17) is 17.0 Å². The number of fused-ring (bicyclic) bond motifs is 1. The van der Waals surface area contributed by atoms with E-state index < -0.39 is 0 Å². The Hall–Kier alpha value is -1.97. The highest BCUT2D eigenvalue weighted by Gasteiger charge is 2.61. The molecule has 0 spiro atoms. The van der Waals surface area contributed by atoms with Crippen molar-refractivity contribution >= 4 is 17.2 Å². The second kappa shape index (κ2) is 7.07. The SMILES string of the molecule is C=C[C@@H](c1ccccc1)[C@]1(C)CC[C@@]2(C)OC(C)(C)[C@H](c3ccccc3)N2C1=S. The lowest BCUT2D eigenvalue weighted by atomic mass is 9.66. The van der Waals surface area contributed by atoms with Gasteiger partial charge in [0.2, 0.25) is 0 Å². The number of benzene rings is 2. The zero-order valence-corrected chi connectivity index (χ0v) is 18.7. The molecule has 4 atom stereocenters. The van der Waals surface area contributed by atoms with Crippen LogP contribution in [0.2, 0.25) is 0 Å². The number of thiocarbonyl (C=S) groups is 1. The average Bonchev–Trinajstić information content (AvgIpc) is 2.93. The van der Waals surface area contributed by atoms with E-state index in [0.29, 0.717) is 0 Å². The summed E-state index contributed by atoms with van der Waals surface area (Å²) in [5.41, 5.74) is 1.62. The van der Waals surface area contributed by atoms with Gasteiger partial charge in [0.05, 0.1) is 16.6 Å². The summed E-state index contributed by atoms with van der Waals surface area (Å²) in [7, 11) is 0. The molecule has 0 aliphatic carbocycles. The molecule has 3 heteroatoms. The number of hydrogen-bond acceptors (Lipinski definition) is 2. The van der Waals surface area contributed by atoms with Gasteiger partial charge in [-0.3, -0.25) is 0 Å². The van der Waals surface area contributed by atoms with Gasteiger partial charge in [-0.15, -0.1) is 6.58 Å². The van der Waals surface area contributed by atoms with E-state index in [9.17, 15) is 0 Å². The number of piperidine rings is 1. The van der Waals surface area contributed by atoms with Crippen molar-refractivity contribution in [2.75, 3.05) is 0 Å². The fourth-order valence-corrected chi connectivity index (χ4v) is 6.06. The maximum Gasteiger partial charge on any atom is 0.140 e. The summed E-state index contributed by atoms with van der Waals surface area (Å²) < 4.78 is 6.70. The van der Waals surface area contributed by atoms with Gasteiger partial charge in [0.15, 0.2) is 0 Å². The van der Waals surface area contributed by atoms with E-state index in [-0.39, 0.29) is 28.7 Å². The van der Waals surface area contributed by atoms with E-state index in [1.807, 2.05) is 0 Å². The Morgan fingerprint density at radius 3 is 2.17 bits per heavy atom. The molecule has 2 saturated heterocycles. The van der Waals surface area contributed by atoms with Crippen LogP contribution in [0, 0.1) is 5.41 Å².